The molecule has 0 bridgehead atoms. The van der Waals surface area contributed by atoms with E-state index >= 15 is 0 Å². The van der Waals surface area contributed by atoms with Gasteiger partial charge in [-0.2, -0.15) is 0 Å². The van der Waals surface area contributed by atoms with Crippen molar-refractivity contribution in [3.8, 4) is 0 Å². The third kappa shape index (κ3) is 2.76. The van der Waals surface area contributed by atoms with Gasteiger partial charge in [0, 0.05) is 25.3 Å². The van der Waals surface area contributed by atoms with E-state index in [0.717, 1.165) is 25.9 Å². The molecule has 0 radical (unpaired) electrons. The van der Waals surface area contributed by atoms with Crippen LogP contribution >= 0.6 is 0 Å². The summed E-state index contributed by atoms with van der Waals surface area (Å²) in [7, 11) is 4.17. The standard InChI is InChI=1S/C12H18N4O2/c1-15(2)9-4-7-16(8-5-9)12-13-6-3-10(14-12)11(17)18/h3,6,9H,4-5,7-8H2,1-2H3,(H,17,18). The number of carboxylic acid groups (broad SMARTS) is 1. The number of aromatic carboxylic acids is 1. The first-order valence-corrected chi connectivity index (χ1v) is 6.05. The Morgan fingerprint density at radius 2 is 2.11 bits per heavy atom. The summed E-state index contributed by atoms with van der Waals surface area (Å²) < 4.78 is 0. The van der Waals surface area contributed by atoms with Crippen LogP contribution in [-0.4, -0.2) is 59.2 Å². The lowest BCUT2D eigenvalue weighted by Gasteiger charge is -2.35. The summed E-state index contributed by atoms with van der Waals surface area (Å²) in [6.07, 6.45) is 3.60. The molecule has 0 aromatic carbocycles. The number of carbonyl (C=O) groups is 1. The fourth-order valence-corrected chi connectivity index (χ4v) is 2.20. The topological polar surface area (TPSA) is 69.6 Å². The Kier molecular flexibility index (Phi) is 3.76. The van der Waals surface area contributed by atoms with Crippen LogP contribution in [-0.2, 0) is 0 Å². The number of piperidine rings is 1. The molecular formula is C12H18N4O2. The van der Waals surface area contributed by atoms with Crippen LogP contribution in [0.25, 0.3) is 0 Å². The predicted molar refractivity (Wildman–Crippen MR) is 67.9 cm³/mol. The molecule has 0 amide bonds. The zero-order valence-electron chi connectivity index (χ0n) is 10.7. The Morgan fingerprint density at radius 3 is 2.67 bits per heavy atom. The maximum Gasteiger partial charge on any atom is 0.354 e. The van der Waals surface area contributed by atoms with Crippen LogP contribution in [0.2, 0.25) is 0 Å². The molecule has 98 valence electrons. The van der Waals surface area contributed by atoms with E-state index in [2.05, 4.69) is 29.0 Å². The molecule has 1 aliphatic rings. The maximum absolute atomic E-state index is 10.9. The highest BCUT2D eigenvalue weighted by Crippen LogP contribution is 2.18. The maximum atomic E-state index is 10.9. The summed E-state index contributed by atoms with van der Waals surface area (Å²) in [6.45, 7) is 1.73. The summed E-state index contributed by atoms with van der Waals surface area (Å²) >= 11 is 0. The summed E-state index contributed by atoms with van der Waals surface area (Å²) in [5, 5.41) is 8.91. The van der Waals surface area contributed by atoms with Crippen LogP contribution in [0.15, 0.2) is 12.3 Å². The fraction of sp³-hybridized carbons (Fsp3) is 0.583. The van der Waals surface area contributed by atoms with Gasteiger partial charge < -0.3 is 14.9 Å². The third-order valence-corrected chi connectivity index (χ3v) is 3.34. The van der Waals surface area contributed by atoms with Crippen molar-refractivity contribution in [2.45, 2.75) is 18.9 Å². The molecule has 6 heteroatoms. The van der Waals surface area contributed by atoms with Gasteiger partial charge in [-0.1, -0.05) is 0 Å². The van der Waals surface area contributed by atoms with Crippen molar-refractivity contribution >= 4 is 11.9 Å². The second-order valence-electron chi connectivity index (χ2n) is 4.73. The number of anilines is 1. The molecule has 1 aromatic rings. The number of rotatable bonds is 3. The van der Waals surface area contributed by atoms with Gasteiger partial charge in [0.05, 0.1) is 0 Å². The first kappa shape index (κ1) is 12.8. The van der Waals surface area contributed by atoms with Gasteiger partial charge in [-0.15, -0.1) is 0 Å². The molecule has 0 atom stereocenters. The molecule has 18 heavy (non-hydrogen) atoms. The molecule has 1 fully saturated rings. The van der Waals surface area contributed by atoms with Crippen molar-refractivity contribution in [2.75, 3.05) is 32.1 Å². The zero-order chi connectivity index (χ0) is 13.1. The Labute approximate surface area is 106 Å². The molecule has 1 N–H and O–H groups in total. The first-order chi connectivity index (χ1) is 8.58. The normalized spacial score (nSPS) is 17.2. The molecule has 0 saturated carbocycles. The van der Waals surface area contributed by atoms with E-state index in [1.807, 2.05) is 4.90 Å². The summed E-state index contributed by atoms with van der Waals surface area (Å²) in [5.41, 5.74) is 0.0507. The van der Waals surface area contributed by atoms with Crippen molar-refractivity contribution in [1.29, 1.82) is 0 Å². The van der Waals surface area contributed by atoms with E-state index in [1.54, 1.807) is 0 Å². The van der Waals surface area contributed by atoms with Gasteiger partial charge in [0.1, 0.15) is 0 Å². The van der Waals surface area contributed by atoms with Gasteiger partial charge in [-0.25, -0.2) is 14.8 Å². The molecule has 1 saturated heterocycles. The molecule has 1 aliphatic heterocycles. The summed E-state index contributed by atoms with van der Waals surface area (Å²) in [4.78, 5) is 23.4. The van der Waals surface area contributed by atoms with E-state index in [4.69, 9.17) is 5.11 Å². The number of carboxylic acids is 1. The van der Waals surface area contributed by atoms with Gasteiger partial charge in [0.25, 0.3) is 0 Å². The van der Waals surface area contributed by atoms with Gasteiger partial charge in [0.15, 0.2) is 5.69 Å². The van der Waals surface area contributed by atoms with Crippen molar-refractivity contribution < 1.29 is 9.90 Å². The lowest BCUT2D eigenvalue weighted by atomic mass is 10.0. The Morgan fingerprint density at radius 1 is 1.44 bits per heavy atom. The van der Waals surface area contributed by atoms with Crippen LogP contribution < -0.4 is 4.90 Å². The van der Waals surface area contributed by atoms with E-state index in [-0.39, 0.29) is 5.69 Å². The molecular weight excluding hydrogens is 232 g/mol. The minimum absolute atomic E-state index is 0.0507. The van der Waals surface area contributed by atoms with Crippen molar-refractivity contribution in [2.24, 2.45) is 0 Å². The summed E-state index contributed by atoms with van der Waals surface area (Å²) in [6, 6.07) is 2.00. The van der Waals surface area contributed by atoms with Gasteiger partial charge in [-0.3, -0.25) is 0 Å². The number of hydrogen-bond donors (Lipinski definition) is 1. The third-order valence-electron chi connectivity index (χ3n) is 3.34. The molecule has 1 aromatic heterocycles. The van der Waals surface area contributed by atoms with Crippen molar-refractivity contribution in [1.82, 2.24) is 14.9 Å². The average Bonchev–Trinajstić information content (AvgIpc) is 2.39. The molecule has 2 rings (SSSR count). The van der Waals surface area contributed by atoms with E-state index in [0.29, 0.717) is 12.0 Å². The smallest absolute Gasteiger partial charge is 0.354 e. The number of aromatic nitrogens is 2. The van der Waals surface area contributed by atoms with E-state index in [1.165, 1.54) is 12.3 Å². The van der Waals surface area contributed by atoms with Crippen LogP contribution in [0.4, 0.5) is 5.95 Å². The summed E-state index contributed by atoms with van der Waals surface area (Å²) in [5.74, 6) is -0.492. The van der Waals surface area contributed by atoms with Crippen LogP contribution in [0, 0.1) is 0 Å². The highest BCUT2D eigenvalue weighted by atomic mass is 16.4. The van der Waals surface area contributed by atoms with Crippen molar-refractivity contribution in [3.05, 3.63) is 18.0 Å². The first-order valence-electron chi connectivity index (χ1n) is 6.05. The SMILES string of the molecule is CN(C)C1CCN(c2nccc(C(=O)O)n2)CC1. The number of nitrogens with zero attached hydrogens (tertiary/aromatic N) is 4. The highest BCUT2D eigenvalue weighted by Gasteiger charge is 2.22. The van der Waals surface area contributed by atoms with Gasteiger partial charge in [-0.05, 0) is 33.0 Å². The molecule has 0 unspecified atom stereocenters. The average molecular weight is 250 g/mol. The Bertz CT molecular complexity index is 428. The molecule has 2 heterocycles. The second-order valence-corrected chi connectivity index (χ2v) is 4.73. The largest absolute Gasteiger partial charge is 0.477 e. The molecule has 0 spiro atoms. The van der Waals surface area contributed by atoms with Gasteiger partial charge >= 0.3 is 5.97 Å². The lowest BCUT2D eigenvalue weighted by molar-refractivity contribution is 0.0690. The molecule has 6 nitrogen and oxygen atoms in total. The zero-order valence-corrected chi connectivity index (χ0v) is 10.7. The van der Waals surface area contributed by atoms with E-state index in [9.17, 15) is 4.79 Å². The Hall–Kier alpha value is -1.69. The lowest BCUT2D eigenvalue weighted by Crippen LogP contribution is -2.42. The van der Waals surface area contributed by atoms with Gasteiger partial charge in [0.2, 0.25) is 5.95 Å². The minimum atomic E-state index is -1.01. The van der Waals surface area contributed by atoms with Crippen LogP contribution in [0.3, 0.4) is 0 Å². The van der Waals surface area contributed by atoms with E-state index < -0.39 is 5.97 Å². The van der Waals surface area contributed by atoms with Crippen molar-refractivity contribution in [3.63, 3.8) is 0 Å². The minimum Gasteiger partial charge on any atom is -0.477 e. The number of hydrogen-bond acceptors (Lipinski definition) is 5. The molecule has 0 aliphatic carbocycles. The van der Waals surface area contributed by atoms with Crippen LogP contribution in [0.1, 0.15) is 23.3 Å². The predicted octanol–water partition coefficient (Wildman–Crippen LogP) is 0.705. The van der Waals surface area contributed by atoms with Crippen LogP contribution in [0.5, 0.6) is 0 Å². The second kappa shape index (κ2) is 5.30. The highest BCUT2D eigenvalue weighted by molar-refractivity contribution is 5.85. The monoisotopic (exact) mass is 250 g/mol. The quantitative estimate of drug-likeness (QED) is 0.852. The Balaban J connectivity index is 2.05. The fourth-order valence-electron chi connectivity index (χ4n) is 2.20.